The van der Waals surface area contributed by atoms with Crippen LogP contribution in [0.3, 0.4) is 0 Å². The van der Waals surface area contributed by atoms with Crippen molar-refractivity contribution in [3.63, 3.8) is 0 Å². The second-order valence-corrected chi connectivity index (χ2v) is 6.60. The van der Waals surface area contributed by atoms with Crippen LogP contribution in [0.1, 0.15) is 22.4 Å². The summed E-state index contributed by atoms with van der Waals surface area (Å²) in [6, 6.07) is 11.1. The van der Waals surface area contributed by atoms with Crippen LogP contribution in [0.25, 0.3) is 11.0 Å². The zero-order chi connectivity index (χ0) is 20.3. The van der Waals surface area contributed by atoms with Crippen LogP contribution >= 0.6 is 0 Å². The van der Waals surface area contributed by atoms with E-state index in [1.165, 1.54) is 6.20 Å². The van der Waals surface area contributed by atoms with Gasteiger partial charge in [0.05, 0.1) is 0 Å². The summed E-state index contributed by atoms with van der Waals surface area (Å²) >= 11 is 0. The number of rotatable bonds is 6. The van der Waals surface area contributed by atoms with Gasteiger partial charge in [0.25, 0.3) is 0 Å². The van der Waals surface area contributed by atoms with E-state index in [0.717, 1.165) is 27.9 Å². The summed E-state index contributed by atoms with van der Waals surface area (Å²) in [5.74, 6) is -0.0259. The van der Waals surface area contributed by atoms with Crippen molar-refractivity contribution in [3.8, 4) is 5.88 Å². The predicted molar refractivity (Wildman–Crippen MR) is 102 cm³/mol. The summed E-state index contributed by atoms with van der Waals surface area (Å²) < 4.78 is 42.1. The number of alkyl halides is 3. The van der Waals surface area contributed by atoms with Crippen LogP contribution in [0.4, 0.5) is 13.2 Å². The minimum Gasteiger partial charge on any atom is -0.468 e. The van der Waals surface area contributed by atoms with Crippen molar-refractivity contribution in [2.45, 2.75) is 19.0 Å². The van der Waals surface area contributed by atoms with Crippen molar-refractivity contribution in [2.75, 3.05) is 6.61 Å². The SMILES string of the molecule is FC(F)(F)COc1ncccc1Cc1ccc(Cc2c[nH]c3ncccc23)cn1. The first-order chi connectivity index (χ1) is 14.0. The van der Waals surface area contributed by atoms with Crippen LogP contribution in [-0.2, 0) is 12.8 Å². The minimum atomic E-state index is -4.41. The van der Waals surface area contributed by atoms with Gasteiger partial charge in [-0.15, -0.1) is 0 Å². The first-order valence-corrected chi connectivity index (χ1v) is 8.96. The molecule has 4 rings (SSSR count). The summed E-state index contributed by atoms with van der Waals surface area (Å²) in [5, 5.41) is 1.07. The Balaban J connectivity index is 1.46. The molecule has 0 aromatic carbocycles. The number of nitrogens with one attached hydrogen (secondary N) is 1. The molecule has 0 spiro atoms. The van der Waals surface area contributed by atoms with E-state index in [2.05, 4.69) is 19.9 Å². The fourth-order valence-corrected chi connectivity index (χ4v) is 3.08. The van der Waals surface area contributed by atoms with Crippen molar-refractivity contribution in [2.24, 2.45) is 0 Å². The van der Waals surface area contributed by atoms with Gasteiger partial charge in [0.2, 0.25) is 5.88 Å². The number of ether oxygens (including phenoxy) is 1. The summed E-state index contributed by atoms with van der Waals surface area (Å²) in [5.41, 5.74) is 4.27. The van der Waals surface area contributed by atoms with E-state index in [0.29, 0.717) is 18.4 Å². The molecule has 1 N–H and O–H groups in total. The van der Waals surface area contributed by atoms with Gasteiger partial charge >= 0.3 is 6.18 Å². The van der Waals surface area contributed by atoms with E-state index < -0.39 is 12.8 Å². The molecule has 0 fully saturated rings. The number of H-pyrrole nitrogens is 1. The molecule has 148 valence electrons. The molecular weight excluding hydrogens is 381 g/mol. The minimum absolute atomic E-state index is 0.0259. The van der Waals surface area contributed by atoms with Crippen LogP contribution < -0.4 is 4.74 Å². The normalized spacial score (nSPS) is 11.7. The summed E-state index contributed by atoms with van der Waals surface area (Å²) in [6.45, 7) is -1.37. The smallest absolute Gasteiger partial charge is 0.422 e. The van der Waals surface area contributed by atoms with E-state index in [1.807, 2.05) is 30.5 Å². The molecule has 4 aromatic heterocycles. The number of fused-ring (bicyclic) bond motifs is 1. The zero-order valence-electron chi connectivity index (χ0n) is 15.3. The molecular formula is C21H17F3N4O. The lowest BCUT2D eigenvalue weighted by molar-refractivity contribution is -0.154. The van der Waals surface area contributed by atoms with E-state index in [-0.39, 0.29) is 5.88 Å². The van der Waals surface area contributed by atoms with E-state index in [4.69, 9.17) is 4.74 Å². The summed E-state index contributed by atoms with van der Waals surface area (Å²) in [4.78, 5) is 15.8. The number of aromatic amines is 1. The third kappa shape index (κ3) is 4.71. The quantitative estimate of drug-likeness (QED) is 0.520. The van der Waals surface area contributed by atoms with Crippen LogP contribution in [0, 0.1) is 0 Å². The van der Waals surface area contributed by atoms with E-state index in [9.17, 15) is 13.2 Å². The maximum atomic E-state index is 12.4. The molecule has 0 unspecified atom stereocenters. The molecule has 0 aliphatic rings. The Morgan fingerprint density at radius 2 is 1.72 bits per heavy atom. The third-order valence-electron chi connectivity index (χ3n) is 4.41. The molecule has 0 aliphatic carbocycles. The highest BCUT2D eigenvalue weighted by Crippen LogP contribution is 2.23. The maximum Gasteiger partial charge on any atom is 0.422 e. The van der Waals surface area contributed by atoms with Gasteiger partial charge in [-0.05, 0) is 35.4 Å². The Kier molecular flexibility index (Phi) is 5.16. The summed E-state index contributed by atoms with van der Waals surface area (Å²) in [7, 11) is 0. The Bertz CT molecular complexity index is 1110. The highest BCUT2D eigenvalue weighted by molar-refractivity contribution is 5.79. The lowest BCUT2D eigenvalue weighted by Crippen LogP contribution is -2.20. The monoisotopic (exact) mass is 398 g/mol. The molecule has 8 heteroatoms. The standard InChI is InChI=1S/C21H17F3N4O/c22-21(23,24)13-29-20-15(3-1-8-26-20)10-17-6-5-14(11-27-17)9-16-12-28-19-18(16)4-2-7-25-19/h1-8,11-12H,9-10,13H2,(H,25,28). The number of nitrogens with zero attached hydrogens (tertiary/aromatic N) is 3. The van der Waals surface area contributed by atoms with E-state index >= 15 is 0 Å². The van der Waals surface area contributed by atoms with Crippen molar-refractivity contribution < 1.29 is 17.9 Å². The van der Waals surface area contributed by atoms with Gasteiger partial charge in [0.15, 0.2) is 6.61 Å². The molecule has 29 heavy (non-hydrogen) atoms. The zero-order valence-corrected chi connectivity index (χ0v) is 15.3. The highest BCUT2D eigenvalue weighted by atomic mass is 19.4. The number of aromatic nitrogens is 4. The Hall–Kier alpha value is -3.42. The molecule has 0 bridgehead atoms. The second kappa shape index (κ2) is 7.90. The van der Waals surface area contributed by atoms with Gasteiger partial charge in [-0.25, -0.2) is 9.97 Å². The molecule has 0 aliphatic heterocycles. The van der Waals surface area contributed by atoms with Gasteiger partial charge in [-0.2, -0.15) is 13.2 Å². The van der Waals surface area contributed by atoms with Gasteiger partial charge < -0.3 is 9.72 Å². The van der Waals surface area contributed by atoms with Crippen molar-refractivity contribution in [1.29, 1.82) is 0 Å². The third-order valence-corrected chi connectivity index (χ3v) is 4.41. The molecule has 0 saturated heterocycles. The average molecular weight is 398 g/mol. The molecule has 0 amide bonds. The first-order valence-electron chi connectivity index (χ1n) is 8.96. The Labute approximate surface area is 164 Å². The molecule has 0 atom stereocenters. The molecule has 5 nitrogen and oxygen atoms in total. The first kappa shape index (κ1) is 18.9. The second-order valence-electron chi connectivity index (χ2n) is 6.60. The van der Waals surface area contributed by atoms with Crippen molar-refractivity contribution in [3.05, 3.63) is 83.6 Å². The maximum absolute atomic E-state index is 12.4. The van der Waals surface area contributed by atoms with Crippen molar-refractivity contribution in [1.82, 2.24) is 19.9 Å². The van der Waals surface area contributed by atoms with Crippen LogP contribution in [0.5, 0.6) is 5.88 Å². The summed E-state index contributed by atoms with van der Waals surface area (Å²) in [6.07, 6.45) is 3.48. The number of hydrogen-bond acceptors (Lipinski definition) is 4. The molecule has 0 saturated carbocycles. The van der Waals surface area contributed by atoms with Crippen molar-refractivity contribution >= 4 is 11.0 Å². The largest absolute Gasteiger partial charge is 0.468 e. The average Bonchev–Trinajstić information content (AvgIpc) is 3.11. The number of pyridine rings is 3. The molecule has 4 aromatic rings. The Morgan fingerprint density at radius 1 is 0.897 bits per heavy atom. The fraction of sp³-hybridized carbons (Fsp3) is 0.190. The Morgan fingerprint density at radius 3 is 2.52 bits per heavy atom. The number of hydrogen-bond donors (Lipinski definition) is 1. The fourth-order valence-electron chi connectivity index (χ4n) is 3.08. The lowest BCUT2D eigenvalue weighted by Gasteiger charge is -2.12. The van der Waals surface area contributed by atoms with Crippen LogP contribution in [-0.4, -0.2) is 32.7 Å². The highest BCUT2D eigenvalue weighted by Gasteiger charge is 2.29. The molecule has 0 radical (unpaired) electrons. The predicted octanol–water partition coefficient (Wildman–Crippen LogP) is 4.48. The van der Waals surface area contributed by atoms with Crippen LogP contribution in [0.2, 0.25) is 0 Å². The van der Waals surface area contributed by atoms with Crippen LogP contribution in [0.15, 0.2) is 61.2 Å². The van der Waals surface area contributed by atoms with Gasteiger partial charge in [0, 0.05) is 54.3 Å². The topological polar surface area (TPSA) is 63.7 Å². The van der Waals surface area contributed by atoms with E-state index in [1.54, 1.807) is 24.5 Å². The van der Waals surface area contributed by atoms with Gasteiger partial charge in [-0.1, -0.05) is 12.1 Å². The van der Waals surface area contributed by atoms with Gasteiger partial charge in [-0.3, -0.25) is 4.98 Å². The number of halogens is 3. The lowest BCUT2D eigenvalue weighted by atomic mass is 10.1. The molecule has 4 heterocycles. The van der Waals surface area contributed by atoms with Gasteiger partial charge in [0.1, 0.15) is 5.65 Å².